The Morgan fingerprint density at radius 3 is 2.83 bits per heavy atom. The third kappa shape index (κ3) is 4.08. The minimum atomic E-state index is -0.443. The number of methoxy groups -OCH3 is 1. The number of hydrogen-bond acceptors (Lipinski definition) is 5. The molecule has 0 bridgehead atoms. The number of carbonyl (C=O) groups excluding carboxylic acids is 1. The van der Waals surface area contributed by atoms with Gasteiger partial charge in [-0.05, 0) is 13.3 Å². The number of aryl methyl sites for hydroxylation is 1. The van der Waals surface area contributed by atoms with Gasteiger partial charge in [0.25, 0.3) is 0 Å². The molecule has 0 saturated heterocycles. The number of carbonyl (C=O) groups is 1. The predicted molar refractivity (Wildman–Crippen MR) is 66.6 cm³/mol. The van der Waals surface area contributed by atoms with E-state index >= 15 is 0 Å². The topological polar surface area (TPSA) is 65.7 Å². The van der Waals surface area contributed by atoms with E-state index < -0.39 is 5.63 Å². The van der Waals surface area contributed by atoms with Crippen LogP contribution in [0.2, 0.25) is 0 Å². The van der Waals surface area contributed by atoms with Crippen LogP contribution in [0.25, 0.3) is 6.08 Å². The molecule has 1 heterocycles. The van der Waals surface area contributed by atoms with Crippen molar-refractivity contribution < 1.29 is 18.7 Å². The molecule has 0 aliphatic heterocycles. The van der Waals surface area contributed by atoms with Crippen LogP contribution in [0.15, 0.2) is 21.4 Å². The molecule has 5 nitrogen and oxygen atoms in total. The van der Waals surface area contributed by atoms with E-state index in [4.69, 9.17) is 13.9 Å². The smallest absolute Gasteiger partial charge is 0.339 e. The first kappa shape index (κ1) is 14.0. The van der Waals surface area contributed by atoms with Gasteiger partial charge in [0.05, 0.1) is 25.3 Å². The third-order valence-corrected chi connectivity index (χ3v) is 2.24. The number of ether oxygens (including phenoxy) is 2. The first-order valence-corrected chi connectivity index (χ1v) is 5.53. The van der Waals surface area contributed by atoms with Crippen molar-refractivity contribution in [2.24, 2.45) is 0 Å². The molecule has 0 aliphatic carbocycles. The molecular weight excluding hydrogens is 236 g/mol. The molecule has 1 aromatic heterocycles. The summed E-state index contributed by atoms with van der Waals surface area (Å²) in [6, 6.07) is 1.29. The van der Waals surface area contributed by atoms with Gasteiger partial charge < -0.3 is 13.9 Å². The Labute approximate surface area is 105 Å². The number of esters is 1. The zero-order chi connectivity index (χ0) is 13.5. The Kier molecular flexibility index (Phi) is 5.17. The van der Waals surface area contributed by atoms with Crippen molar-refractivity contribution in [3.05, 3.63) is 33.9 Å². The monoisotopic (exact) mass is 252 g/mol. The van der Waals surface area contributed by atoms with E-state index in [1.165, 1.54) is 20.1 Å². The number of rotatable bonds is 5. The highest BCUT2D eigenvalue weighted by Crippen LogP contribution is 2.21. The highest BCUT2D eigenvalue weighted by atomic mass is 16.5. The second-order valence-corrected chi connectivity index (χ2v) is 3.63. The zero-order valence-electron chi connectivity index (χ0n) is 10.7. The van der Waals surface area contributed by atoms with Crippen molar-refractivity contribution in [1.82, 2.24) is 0 Å². The summed E-state index contributed by atoms with van der Waals surface area (Å²) in [5, 5.41) is 0. The summed E-state index contributed by atoms with van der Waals surface area (Å²) >= 11 is 0. The lowest BCUT2D eigenvalue weighted by molar-refractivity contribution is -0.140. The van der Waals surface area contributed by atoms with Crippen LogP contribution in [0.4, 0.5) is 0 Å². The van der Waals surface area contributed by atoms with Crippen LogP contribution in [0.5, 0.6) is 5.75 Å². The summed E-state index contributed by atoms with van der Waals surface area (Å²) < 4.78 is 14.9. The summed E-state index contributed by atoms with van der Waals surface area (Å²) in [4.78, 5) is 21.7. The van der Waals surface area contributed by atoms with E-state index in [0.29, 0.717) is 30.1 Å². The second-order valence-electron chi connectivity index (χ2n) is 3.63. The lowest BCUT2D eigenvalue weighted by Crippen LogP contribution is -2.02. The summed E-state index contributed by atoms with van der Waals surface area (Å²) in [7, 11) is 1.49. The molecule has 0 unspecified atom stereocenters. The fourth-order valence-electron chi connectivity index (χ4n) is 1.43. The molecule has 0 fully saturated rings. The van der Waals surface area contributed by atoms with Gasteiger partial charge in [-0.25, -0.2) is 4.79 Å². The summed E-state index contributed by atoms with van der Waals surface area (Å²) in [6.45, 7) is 3.38. The molecule has 0 aliphatic rings. The van der Waals surface area contributed by atoms with Gasteiger partial charge in [0, 0.05) is 6.92 Å². The molecule has 0 saturated carbocycles. The molecule has 0 atom stereocenters. The molecule has 0 spiro atoms. The maximum atomic E-state index is 11.1. The molecule has 0 aromatic carbocycles. The lowest BCUT2D eigenvalue weighted by Gasteiger charge is -2.05. The molecule has 1 rings (SSSR count). The third-order valence-electron chi connectivity index (χ3n) is 2.24. The molecule has 0 amide bonds. The van der Waals surface area contributed by atoms with E-state index in [2.05, 4.69) is 0 Å². The van der Waals surface area contributed by atoms with Crippen LogP contribution in [-0.2, 0) is 9.53 Å². The Morgan fingerprint density at radius 1 is 1.50 bits per heavy atom. The quantitative estimate of drug-likeness (QED) is 0.591. The Balaban J connectivity index is 2.74. The Hall–Kier alpha value is -2.04. The van der Waals surface area contributed by atoms with Crippen LogP contribution < -0.4 is 10.4 Å². The minimum absolute atomic E-state index is 0.303. The summed E-state index contributed by atoms with van der Waals surface area (Å²) in [5.41, 5.74) is 0.265. The van der Waals surface area contributed by atoms with Gasteiger partial charge in [-0.2, -0.15) is 0 Å². The molecule has 0 radical (unpaired) electrons. The molecule has 1 aromatic rings. The molecule has 5 heteroatoms. The summed E-state index contributed by atoms with van der Waals surface area (Å²) in [5.74, 6) is 0.651. The van der Waals surface area contributed by atoms with Crippen LogP contribution in [0.1, 0.15) is 24.7 Å². The highest BCUT2D eigenvalue weighted by Gasteiger charge is 2.06. The number of hydrogen-bond donors (Lipinski definition) is 0. The van der Waals surface area contributed by atoms with Gasteiger partial charge in [-0.1, -0.05) is 12.2 Å². The molecule has 18 heavy (non-hydrogen) atoms. The van der Waals surface area contributed by atoms with Gasteiger partial charge in [0.1, 0.15) is 11.5 Å². The van der Waals surface area contributed by atoms with Gasteiger partial charge in [-0.15, -0.1) is 0 Å². The fourth-order valence-corrected chi connectivity index (χ4v) is 1.43. The maximum Gasteiger partial charge on any atom is 0.339 e. The Morgan fingerprint density at radius 2 is 2.22 bits per heavy atom. The van der Waals surface area contributed by atoms with Gasteiger partial charge in [-0.3, -0.25) is 4.79 Å². The highest BCUT2D eigenvalue weighted by molar-refractivity contribution is 5.65. The first-order chi connectivity index (χ1) is 8.54. The normalized spacial score (nSPS) is 10.6. The van der Waals surface area contributed by atoms with Crippen LogP contribution in [0.3, 0.4) is 0 Å². The van der Waals surface area contributed by atoms with Crippen molar-refractivity contribution in [3.8, 4) is 5.75 Å². The van der Waals surface area contributed by atoms with E-state index in [1.54, 1.807) is 13.0 Å². The average molecular weight is 252 g/mol. The van der Waals surface area contributed by atoms with Gasteiger partial charge >= 0.3 is 11.6 Å². The van der Waals surface area contributed by atoms with Gasteiger partial charge in [0.15, 0.2) is 0 Å². The maximum absolute atomic E-state index is 11.1. The zero-order valence-corrected chi connectivity index (χ0v) is 10.7. The van der Waals surface area contributed by atoms with E-state index in [1.807, 2.05) is 6.08 Å². The van der Waals surface area contributed by atoms with Crippen molar-refractivity contribution in [2.75, 3.05) is 13.7 Å². The van der Waals surface area contributed by atoms with E-state index in [-0.39, 0.29) is 5.97 Å². The predicted octanol–water partition coefficient (Wildman–Crippen LogP) is 1.92. The fraction of sp³-hybridized carbons (Fsp3) is 0.385. The average Bonchev–Trinajstić information content (AvgIpc) is 2.30. The molecule has 98 valence electrons. The van der Waals surface area contributed by atoms with Crippen molar-refractivity contribution in [3.63, 3.8) is 0 Å². The van der Waals surface area contributed by atoms with Crippen molar-refractivity contribution in [2.45, 2.75) is 20.3 Å². The lowest BCUT2D eigenvalue weighted by atomic mass is 10.2. The summed E-state index contributed by atoms with van der Waals surface area (Å²) in [6.07, 6.45) is 4.19. The van der Waals surface area contributed by atoms with Crippen LogP contribution in [-0.4, -0.2) is 19.7 Å². The molecule has 0 N–H and O–H groups in total. The van der Waals surface area contributed by atoms with Gasteiger partial charge in [0.2, 0.25) is 0 Å². The largest absolute Gasteiger partial charge is 0.496 e. The Bertz CT molecular complexity index is 499. The van der Waals surface area contributed by atoms with E-state index in [9.17, 15) is 9.59 Å². The second kappa shape index (κ2) is 6.64. The standard InChI is InChI=1S/C13H16O5/c1-9-11(6-4-5-7-17-10(2)14)12(16-3)8-13(15)18-9/h4,6,8H,5,7H2,1-3H3/b6-4+. The molecular formula is C13H16O5. The van der Waals surface area contributed by atoms with Crippen molar-refractivity contribution >= 4 is 12.0 Å². The minimum Gasteiger partial charge on any atom is -0.496 e. The van der Waals surface area contributed by atoms with Crippen LogP contribution in [0, 0.1) is 6.92 Å². The van der Waals surface area contributed by atoms with Crippen molar-refractivity contribution in [1.29, 1.82) is 0 Å². The van der Waals surface area contributed by atoms with E-state index in [0.717, 1.165) is 0 Å². The SMILES string of the molecule is COc1cc(=O)oc(C)c1/C=C/CCOC(C)=O. The van der Waals surface area contributed by atoms with Crippen LogP contribution >= 0.6 is 0 Å². The first-order valence-electron chi connectivity index (χ1n) is 5.53.